The highest BCUT2D eigenvalue weighted by Crippen LogP contribution is 2.37. The molecule has 0 atom stereocenters. The molecular formula is C11H15NS. The molecule has 1 saturated carbocycles. The predicted octanol–water partition coefficient (Wildman–Crippen LogP) is 2.79. The summed E-state index contributed by atoms with van der Waals surface area (Å²) >= 11 is 2.00. The van der Waals surface area contributed by atoms with Crippen molar-refractivity contribution in [2.24, 2.45) is 5.73 Å². The Morgan fingerprint density at radius 2 is 2.08 bits per heavy atom. The Morgan fingerprint density at radius 3 is 2.69 bits per heavy atom. The van der Waals surface area contributed by atoms with Crippen LogP contribution in [-0.2, 0) is 6.54 Å². The first-order valence-corrected chi connectivity index (χ1v) is 5.73. The van der Waals surface area contributed by atoms with Crippen molar-refractivity contribution in [1.82, 2.24) is 0 Å². The van der Waals surface area contributed by atoms with Crippen LogP contribution in [0.15, 0.2) is 29.2 Å². The van der Waals surface area contributed by atoms with Crippen molar-refractivity contribution >= 4 is 11.8 Å². The lowest BCUT2D eigenvalue weighted by molar-refractivity contribution is 0.522. The fourth-order valence-corrected chi connectivity index (χ4v) is 2.84. The number of thioether (sulfide) groups is 1. The van der Waals surface area contributed by atoms with E-state index in [-0.39, 0.29) is 0 Å². The van der Waals surface area contributed by atoms with E-state index < -0.39 is 0 Å². The second kappa shape index (κ2) is 4.16. The van der Waals surface area contributed by atoms with E-state index in [1.807, 2.05) is 11.8 Å². The molecule has 1 fully saturated rings. The fourth-order valence-electron chi connectivity index (χ4n) is 1.46. The van der Waals surface area contributed by atoms with E-state index in [4.69, 9.17) is 5.73 Å². The predicted molar refractivity (Wildman–Crippen MR) is 57.8 cm³/mol. The van der Waals surface area contributed by atoms with Gasteiger partial charge >= 0.3 is 0 Å². The number of nitrogens with two attached hydrogens (primary N) is 1. The van der Waals surface area contributed by atoms with Crippen molar-refractivity contribution in [2.45, 2.75) is 36.0 Å². The van der Waals surface area contributed by atoms with Gasteiger partial charge in [-0.15, -0.1) is 11.8 Å². The van der Waals surface area contributed by atoms with E-state index in [1.54, 1.807) is 0 Å². The highest BCUT2D eigenvalue weighted by Gasteiger charge is 2.19. The molecule has 2 N–H and O–H groups in total. The lowest BCUT2D eigenvalue weighted by Gasteiger charge is -2.25. The second-order valence-corrected chi connectivity index (χ2v) is 4.82. The Hall–Kier alpha value is -0.470. The molecule has 0 heterocycles. The summed E-state index contributed by atoms with van der Waals surface area (Å²) in [5.41, 5.74) is 6.96. The maximum atomic E-state index is 5.67. The topological polar surface area (TPSA) is 26.0 Å². The van der Waals surface area contributed by atoms with Crippen LogP contribution in [0.1, 0.15) is 24.8 Å². The maximum Gasteiger partial charge on any atom is 0.0189 e. The monoisotopic (exact) mass is 193 g/mol. The molecule has 0 radical (unpaired) electrons. The van der Waals surface area contributed by atoms with Gasteiger partial charge in [-0.1, -0.05) is 24.6 Å². The smallest absolute Gasteiger partial charge is 0.0189 e. The Bertz CT molecular complexity index is 281. The third-order valence-corrected chi connectivity index (χ3v) is 4.00. The van der Waals surface area contributed by atoms with Crippen molar-refractivity contribution in [3.05, 3.63) is 29.8 Å². The SMILES string of the molecule is NCc1ccccc1SC1CCC1. The molecule has 1 aliphatic carbocycles. The summed E-state index contributed by atoms with van der Waals surface area (Å²) in [5, 5.41) is 0.854. The molecule has 0 spiro atoms. The Kier molecular flexibility index (Phi) is 2.91. The van der Waals surface area contributed by atoms with Gasteiger partial charge in [0.2, 0.25) is 0 Å². The minimum Gasteiger partial charge on any atom is -0.326 e. The molecular weight excluding hydrogens is 178 g/mol. The van der Waals surface area contributed by atoms with Crippen molar-refractivity contribution in [1.29, 1.82) is 0 Å². The first-order valence-electron chi connectivity index (χ1n) is 4.85. The quantitative estimate of drug-likeness (QED) is 0.799. The van der Waals surface area contributed by atoms with Gasteiger partial charge in [0, 0.05) is 16.7 Å². The van der Waals surface area contributed by atoms with Crippen LogP contribution in [0.5, 0.6) is 0 Å². The Morgan fingerprint density at radius 1 is 1.31 bits per heavy atom. The summed E-state index contributed by atoms with van der Waals surface area (Å²) in [6, 6.07) is 8.47. The number of hydrogen-bond donors (Lipinski definition) is 1. The van der Waals surface area contributed by atoms with Crippen LogP contribution in [-0.4, -0.2) is 5.25 Å². The molecule has 0 amide bonds. The van der Waals surface area contributed by atoms with Gasteiger partial charge in [-0.25, -0.2) is 0 Å². The second-order valence-electron chi connectivity index (χ2n) is 3.48. The molecule has 13 heavy (non-hydrogen) atoms. The van der Waals surface area contributed by atoms with E-state index in [2.05, 4.69) is 24.3 Å². The summed E-state index contributed by atoms with van der Waals surface area (Å²) in [4.78, 5) is 1.38. The molecule has 0 aromatic heterocycles. The first kappa shape index (κ1) is 9.10. The van der Waals surface area contributed by atoms with Crippen LogP contribution in [0.2, 0.25) is 0 Å². The van der Waals surface area contributed by atoms with Crippen LogP contribution in [0.4, 0.5) is 0 Å². The average molecular weight is 193 g/mol. The molecule has 0 unspecified atom stereocenters. The standard InChI is InChI=1S/C11H15NS/c12-8-9-4-1-2-7-11(9)13-10-5-3-6-10/h1-2,4,7,10H,3,5-6,8,12H2. The maximum absolute atomic E-state index is 5.67. The van der Waals surface area contributed by atoms with Gasteiger partial charge < -0.3 is 5.73 Å². The zero-order chi connectivity index (χ0) is 9.10. The van der Waals surface area contributed by atoms with Gasteiger partial charge in [-0.3, -0.25) is 0 Å². The van der Waals surface area contributed by atoms with Gasteiger partial charge in [0.15, 0.2) is 0 Å². The van der Waals surface area contributed by atoms with Crippen molar-refractivity contribution in [3.63, 3.8) is 0 Å². The molecule has 2 rings (SSSR count). The molecule has 2 heteroatoms. The van der Waals surface area contributed by atoms with Crippen molar-refractivity contribution in [2.75, 3.05) is 0 Å². The van der Waals surface area contributed by atoms with Crippen LogP contribution in [0, 0.1) is 0 Å². The number of benzene rings is 1. The molecule has 1 aromatic carbocycles. The van der Waals surface area contributed by atoms with Crippen molar-refractivity contribution < 1.29 is 0 Å². The molecule has 1 aromatic rings. The molecule has 1 aliphatic rings. The lowest BCUT2D eigenvalue weighted by atomic mass is 10.00. The summed E-state index contributed by atoms with van der Waals surface area (Å²) < 4.78 is 0. The summed E-state index contributed by atoms with van der Waals surface area (Å²) in [6.07, 6.45) is 4.16. The van der Waals surface area contributed by atoms with Gasteiger partial charge in [0.05, 0.1) is 0 Å². The summed E-state index contributed by atoms with van der Waals surface area (Å²) in [7, 11) is 0. The largest absolute Gasteiger partial charge is 0.326 e. The Labute approximate surface area is 83.7 Å². The van der Waals surface area contributed by atoms with Crippen LogP contribution in [0.25, 0.3) is 0 Å². The van der Waals surface area contributed by atoms with Gasteiger partial charge in [-0.2, -0.15) is 0 Å². The third kappa shape index (κ3) is 2.06. The normalized spacial score (nSPS) is 17.0. The van der Waals surface area contributed by atoms with E-state index >= 15 is 0 Å². The molecule has 0 aliphatic heterocycles. The minimum atomic E-state index is 0.663. The van der Waals surface area contributed by atoms with E-state index in [1.165, 1.54) is 29.7 Å². The number of rotatable bonds is 3. The third-order valence-electron chi connectivity index (χ3n) is 2.54. The molecule has 70 valence electrons. The minimum absolute atomic E-state index is 0.663. The summed E-state index contributed by atoms with van der Waals surface area (Å²) in [6.45, 7) is 0.663. The Balaban J connectivity index is 2.08. The summed E-state index contributed by atoms with van der Waals surface area (Å²) in [5.74, 6) is 0. The molecule has 0 saturated heterocycles. The van der Waals surface area contributed by atoms with E-state index in [9.17, 15) is 0 Å². The fraction of sp³-hybridized carbons (Fsp3) is 0.455. The van der Waals surface area contributed by atoms with E-state index in [0.717, 1.165) is 5.25 Å². The van der Waals surface area contributed by atoms with Crippen molar-refractivity contribution in [3.8, 4) is 0 Å². The lowest BCUT2D eigenvalue weighted by Crippen LogP contribution is -2.13. The average Bonchev–Trinajstić information content (AvgIpc) is 2.12. The highest BCUT2D eigenvalue weighted by molar-refractivity contribution is 8.00. The van der Waals surface area contributed by atoms with Gasteiger partial charge in [-0.05, 0) is 24.5 Å². The van der Waals surface area contributed by atoms with Crippen LogP contribution < -0.4 is 5.73 Å². The first-order chi connectivity index (χ1) is 6.40. The van der Waals surface area contributed by atoms with Crippen LogP contribution >= 0.6 is 11.8 Å². The number of hydrogen-bond acceptors (Lipinski definition) is 2. The van der Waals surface area contributed by atoms with Crippen LogP contribution in [0.3, 0.4) is 0 Å². The van der Waals surface area contributed by atoms with E-state index in [0.29, 0.717) is 6.54 Å². The highest BCUT2D eigenvalue weighted by atomic mass is 32.2. The van der Waals surface area contributed by atoms with Gasteiger partial charge in [0.25, 0.3) is 0 Å². The molecule has 1 nitrogen and oxygen atoms in total. The molecule has 0 bridgehead atoms. The zero-order valence-electron chi connectivity index (χ0n) is 7.70. The zero-order valence-corrected chi connectivity index (χ0v) is 8.52. The van der Waals surface area contributed by atoms with Gasteiger partial charge in [0.1, 0.15) is 0 Å².